The molecule has 0 fully saturated rings. The second-order valence-corrected chi connectivity index (χ2v) is 4.12. The lowest BCUT2D eigenvalue weighted by Crippen LogP contribution is -1.91. The SMILES string of the molecule is CCc1cc(/C=C/C#N)cc(CC)c1Br. The predicted molar refractivity (Wildman–Crippen MR) is 67.5 cm³/mol. The van der Waals surface area contributed by atoms with E-state index in [1.54, 1.807) is 0 Å². The third kappa shape index (κ3) is 2.94. The van der Waals surface area contributed by atoms with E-state index in [-0.39, 0.29) is 0 Å². The van der Waals surface area contributed by atoms with Gasteiger partial charge in [0.25, 0.3) is 0 Å². The van der Waals surface area contributed by atoms with Gasteiger partial charge in [-0.3, -0.25) is 0 Å². The highest BCUT2D eigenvalue weighted by atomic mass is 79.9. The molecule has 1 aromatic carbocycles. The Morgan fingerprint density at radius 1 is 1.27 bits per heavy atom. The Hall–Kier alpha value is -1.07. The molecule has 0 amide bonds. The van der Waals surface area contributed by atoms with Crippen molar-refractivity contribution in [2.45, 2.75) is 26.7 Å². The van der Waals surface area contributed by atoms with Crippen LogP contribution in [0.3, 0.4) is 0 Å². The van der Waals surface area contributed by atoms with Crippen LogP contribution in [-0.4, -0.2) is 0 Å². The van der Waals surface area contributed by atoms with E-state index in [0.717, 1.165) is 18.4 Å². The Morgan fingerprint density at radius 2 is 1.80 bits per heavy atom. The number of rotatable bonds is 3. The highest BCUT2D eigenvalue weighted by Gasteiger charge is 2.04. The van der Waals surface area contributed by atoms with Crippen molar-refractivity contribution < 1.29 is 0 Å². The van der Waals surface area contributed by atoms with Crippen molar-refractivity contribution in [3.8, 4) is 6.07 Å². The first-order valence-corrected chi connectivity index (χ1v) is 5.89. The summed E-state index contributed by atoms with van der Waals surface area (Å²) >= 11 is 3.61. The van der Waals surface area contributed by atoms with E-state index in [2.05, 4.69) is 41.9 Å². The Bertz CT molecular complexity index is 388. The lowest BCUT2D eigenvalue weighted by molar-refractivity contribution is 1.06. The molecule has 0 unspecified atom stereocenters. The van der Waals surface area contributed by atoms with Crippen molar-refractivity contribution in [1.29, 1.82) is 5.26 Å². The molecule has 0 saturated carbocycles. The number of allylic oxidation sites excluding steroid dienone is 1. The molecule has 0 aliphatic carbocycles. The van der Waals surface area contributed by atoms with Gasteiger partial charge in [-0.25, -0.2) is 0 Å². The van der Waals surface area contributed by atoms with E-state index in [1.807, 2.05) is 12.1 Å². The topological polar surface area (TPSA) is 23.8 Å². The van der Waals surface area contributed by atoms with E-state index >= 15 is 0 Å². The first-order valence-electron chi connectivity index (χ1n) is 5.10. The van der Waals surface area contributed by atoms with Gasteiger partial charge in [-0.1, -0.05) is 41.9 Å². The number of hydrogen-bond donors (Lipinski definition) is 0. The predicted octanol–water partition coefficient (Wildman–Crippen LogP) is 4.11. The van der Waals surface area contributed by atoms with Gasteiger partial charge >= 0.3 is 0 Å². The molecule has 0 saturated heterocycles. The van der Waals surface area contributed by atoms with Crippen molar-refractivity contribution in [3.05, 3.63) is 39.4 Å². The number of halogens is 1. The van der Waals surface area contributed by atoms with E-state index in [0.29, 0.717) is 0 Å². The van der Waals surface area contributed by atoms with Crippen molar-refractivity contribution in [2.75, 3.05) is 0 Å². The molecular formula is C13H14BrN. The average molecular weight is 264 g/mol. The van der Waals surface area contributed by atoms with Crippen LogP contribution in [-0.2, 0) is 12.8 Å². The van der Waals surface area contributed by atoms with Crippen molar-refractivity contribution in [3.63, 3.8) is 0 Å². The van der Waals surface area contributed by atoms with Crippen LogP contribution in [0.4, 0.5) is 0 Å². The molecule has 1 aromatic rings. The summed E-state index contributed by atoms with van der Waals surface area (Å²) in [4.78, 5) is 0. The van der Waals surface area contributed by atoms with E-state index in [9.17, 15) is 0 Å². The fourth-order valence-corrected chi connectivity index (χ4v) is 2.31. The number of hydrogen-bond acceptors (Lipinski definition) is 1. The fourth-order valence-electron chi connectivity index (χ4n) is 1.52. The second-order valence-electron chi connectivity index (χ2n) is 3.32. The zero-order chi connectivity index (χ0) is 11.3. The maximum Gasteiger partial charge on any atom is 0.0912 e. The van der Waals surface area contributed by atoms with Gasteiger partial charge < -0.3 is 0 Å². The molecule has 0 aliphatic heterocycles. The van der Waals surface area contributed by atoms with Crippen LogP contribution in [0.5, 0.6) is 0 Å². The Balaban J connectivity index is 3.21. The molecule has 0 radical (unpaired) electrons. The summed E-state index contributed by atoms with van der Waals surface area (Å²) < 4.78 is 1.21. The molecule has 0 atom stereocenters. The fraction of sp³-hybridized carbons (Fsp3) is 0.308. The molecule has 0 spiro atoms. The maximum atomic E-state index is 8.49. The van der Waals surface area contributed by atoms with E-state index < -0.39 is 0 Å². The smallest absolute Gasteiger partial charge is 0.0912 e. The zero-order valence-electron chi connectivity index (χ0n) is 9.05. The van der Waals surface area contributed by atoms with Gasteiger partial charge in [0.2, 0.25) is 0 Å². The minimum Gasteiger partial charge on any atom is -0.193 e. The number of benzene rings is 1. The molecule has 1 rings (SSSR count). The molecule has 0 aliphatic rings. The molecule has 78 valence electrons. The van der Waals surface area contributed by atoms with Gasteiger partial charge in [0, 0.05) is 10.5 Å². The molecule has 0 heterocycles. The molecule has 2 heteroatoms. The molecule has 1 nitrogen and oxygen atoms in total. The first-order chi connectivity index (χ1) is 7.22. The lowest BCUT2D eigenvalue weighted by Gasteiger charge is -2.08. The van der Waals surface area contributed by atoms with Gasteiger partial charge in [0.15, 0.2) is 0 Å². The molecule has 0 bridgehead atoms. The largest absolute Gasteiger partial charge is 0.193 e. The minimum atomic E-state index is 1.00. The molecular weight excluding hydrogens is 250 g/mol. The highest BCUT2D eigenvalue weighted by Crippen LogP contribution is 2.25. The summed E-state index contributed by atoms with van der Waals surface area (Å²) in [6, 6.07) is 6.26. The summed E-state index contributed by atoms with van der Waals surface area (Å²) in [6.07, 6.45) is 5.37. The highest BCUT2D eigenvalue weighted by molar-refractivity contribution is 9.10. The van der Waals surface area contributed by atoms with Crippen LogP contribution in [0, 0.1) is 11.3 Å². The average Bonchev–Trinajstić information content (AvgIpc) is 2.27. The summed E-state index contributed by atoms with van der Waals surface area (Å²) in [7, 11) is 0. The van der Waals surface area contributed by atoms with Gasteiger partial charge in [0.05, 0.1) is 6.07 Å². The number of nitrogens with zero attached hydrogens (tertiary/aromatic N) is 1. The summed E-state index contributed by atoms with van der Waals surface area (Å²) in [5, 5.41) is 8.49. The molecule has 0 aromatic heterocycles. The number of aryl methyl sites for hydroxylation is 2. The standard InChI is InChI=1S/C13H14BrN/c1-3-11-8-10(6-5-7-15)9-12(4-2)13(11)14/h5-6,8-9H,3-4H2,1-2H3/b6-5+. The van der Waals surface area contributed by atoms with Crippen molar-refractivity contribution >= 4 is 22.0 Å². The van der Waals surface area contributed by atoms with Crippen molar-refractivity contribution in [1.82, 2.24) is 0 Å². The van der Waals surface area contributed by atoms with Crippen LogP contribution in [0.2, 0.25) is 0 Å². The Kier molecular flexibility index (Phi) is 4.58. The third-order valence-electron chi connectivity index (χ3n) is 2.36. The second kappa shape index (κ2) is 5.72. The quantitative estimate of drug-likeness (QED) is 0.753. The third-order valence-corrected chi connectivity index (χ3v) is 3.38. The van der Waals surface area contributed by atoms with E-state index in [4.69, 9.17) is 5.26 Å². The molecule has 15 heavy (non-hydrogen) atoms. The van der Waals surface area contributed by atoms with Crippen LogP contribution < -0.4 is 0 Å². The maximum absolute atomic E-state index is 8.49. The normalized spacial score (nSPS) is 10.5. The van der Waals surface area contributed by atoms with Gasteiger partial charge in [-0.05, 0) is 35.6 Å². The van der Waals surface area contributed by atoms with Crippen LogP contribution in [0.25, 0.3) is 6.08 Å². The minimum absolute atomic E-state index is 1.00. The van der Waals surface area contributed by atoms with E-state index in [1.165, 1.54) is 21.7 Å². The number of nitriles is 1. The first kappa shape index (κ1) is 12.0. The summed E-state index contributed by atoms with van der Waals surface area (Å²) in [6.45, 7) is 4.27. The monoisotopic (exact) mass is 263 g/mol. The van der Waals surface area contributed by atoms with Crippen LogP contribution in [0.15, 0.2) is 22.7 Å². The Morgan fingerprint density at radius 3 is 2.20 bits per heavy atom. The van der Waals surface area contributed by atoms with Gasteiger partial charge in [-0.15, -0.1) is 0 Å². The molecule has 0 N–H and O–H groups in total. The summed E-state index contributed by atoms with van der Waals surface area (Å²) in [5.41, 5.74) is 3.70. The van der Waals surface area contributed by atoms with Gasteiger partial charge in [-0.2, -0.15) is 5.26 Å². The Labute approximate surface area is 99.6 Å². The van der Waals surface area contributed by atoms with Crippen molar-refractivity contribution in [2.24, 2.45) is 0 Å². The van der Waals surface area contributed by atoms with Crippen LogP contribution >= 0.6 is 15.9 Å². The zero-order valence-corrected chi connectivity index (χ0v) is 10.6. The van der Waals surface area contributed by atoms with Crippen LogP contribution in [0.1, 0.15) is 30.5 Å². The van der Waals surface area contributed by atoms with Gasteiger partial charge in [0.1, 0.15) is 0 Å². The summed E-state index contributed by atoms with van der Waals surface area (Å²) in [5.74, 6) is 0. The lowest BCUT2D eigenvalue weighted by atomic mass is 10.0.